The van der Waals surface area contributed by atoms with Crippen molar-refractivity contribution < 1.29 is 9.53 Å². The van der Waals surface area contributed by atoms with Crippen LogP contribution in [0.4, 0.5) is 10.6 Å². The highest BCUT2D eigenvalue weighted by molar-refractivity contribution is 5.93. The van der Waals surface area contributed by atoms with Crippen molar-refractivity contribution >= 4 is 22.8 Å². The summed E-state index contributed by atoms with van der Waals surface area (Å²) in [5.41, 5.74) is 2.67. The number of carbonyl (C=O) groups is 1. The molecule has 0 N–H and O–H groups in total. The number of piperidine rings is 1. The smallest absolute Gasteiger partial charge is 0.410 e. The lowest BCUT2D eigenvalue weighted by molar-refractivity contribution is 0.0266. The fraction of sp³-hybridized carbons (Fsp3) is 0.519. The van der Waals surface area contributed by atoms with Crippen LogP contribution in [-0.2, 0) is 11.2 Å². The van der Waals surface area contributed by atoms with Crippen molar-refractivity contribution in [2.45, 2.75) is 59.0 Å². The minimum atomic E-state index is -0.470. The molecule has 8 heteroatoms. The molecule has 3 aromatic rings. The summed E-state index contributed by atoms with van der Waals surface area (Å²) in [6.45, 7) is 11.2. The van der Waals surface area contributed by atoms with Crippen molar-refractivity contribution in [3.63, 3.8) is 0 Å². The van der Waals surface area contributed by atoms with Gasteiger partial charge < -0.3 is 14.5 Å². The van der Waals surface area contributed by atoms with E-state index in [4.69, 9.17) is 14.7 Å². The van der Waals surface area contributed by atoms with Crippen molar-refractivity contribution in [3.05, 3.63) is 42.5 Å². The van der Waals surface area contributed by atoms with E-state index in [-0.39, 0.29) is 11.5 Å². The quantitative estimate of drug-likeness (QED) is 0.535. The molecule has 5 heterocycles. The molecule has 0 aliphatic carbocycles. The average molecular weight is 475 g/mol. The van der Waals surface area contributed by atoms with Crippen molar-refractivity contribution in [2.75, 3.05) is 31.1 Å². The highest BCUT2D eigenvalue weighted by Crippen LogP contribution is 2.42. The third-order valence-corrected chi connectivity index (χ3v) is 7.20. The lowest BCUT2D eigenvalue weighted by Gasteiger charge is -2.40. The predicted molar refractivity (Wildman–Crippen MR) is 136 cm³/mol. The Kier molecular flexibility index (Phi) is 6.07. The van der Waals surface area contributed by atoms with Gasteiger partial charge in [0.2, 0.25) is 0 Å². The van der Waals surface area contributed by atoms with Crippen molar-refractivity contribution in [1.82, 2.24) is 24.8 Å². The standard InChI is InChI=1S/C27H34N6O2/c1-5-19-16-29-17-21-22(19)24(31-23(30-21)20-6-11-28-12-7-20)32-13-8-27(9-14-32)10-15-33(18-27)25(34)35-26(2,3)4/h6-7,11-12,16-17H,5,8-10,13-15,18H2,1-4H3. The summed E-state index contributed by atoms with van der Waals surface area (Å²) < 4.78 is 5.62. The number of hydrogen-bond acceptors (Lipinski definition) is 7. The second-order valence-corrected chi connectivity index (χ2v) is 10.8. The Balaban J connectivity index is 1.41. The molecule has 1 amide bonds. The van der Waals surface area contributed by atoms with E-state index in [1.54, 1.807) is 12.4 Å². The molecule has 0 unspecified atom stereocenters. The maximum absolute atomic E-state index is 12.6. The Hall–Kier alpha value is -3.29. The van der Waals surface area contributed by atoms with Crippen LogP contribution < -0.4 is 4.90 Å². The van der Waals surface area contributed by atoms with E-state index in [0.29, 0.717) is 5.82 Å². The van der Waals surface area contributed by atoms with Gasteiger partial charge >= 0.3 is 6.09 Å². The largest absolute Gasteiger partial charge is 0.444 e. The highest BCUT2D eigenvalue weighted by Gasteiger charge is 2.43. The van der Waals surface area contributed by atoms with Crippen LogP contribution in [0, 0.1) is 5.41 Å². The van der Waals surface area contributed by atoms with Gasteiger partial charge in [-0.2, -0.15) is 0 Å². The van der Waals surface area contributed by atoms with E-state index >= 15 is 0 Å². The van der Waals surface area contributed by atoms with Crippen LogP contribution in [0.25, 0.3) is 22.3 Å². The van der Waals surface area contributed by atoms with Gasteiger partial charge in [-0.3, -0.25) is 9.97 Å². The minimum absolute atomic E-state index is 0.152. The number of anilines is 1. The predicted octanol–water partition coefficient (Wildman–Crippen LogP) is 4.88. The Morgan fingerprint density at radius 1 is 1.03 bits per heavy atom. The number of aryl methyl sites for hydroxylation is 1. The SMILES string of the molecule is CCc1cncc2nc(-c3ccncc3)nc(N3CCC4(CCN(C(=O)OC(C)(C)C)C4)CC3)c12. The molecule has 2 aliphatic rings. The fourth-order valence-electron chi connectivity index (χ4n) is 5.28. The summed E-state index contributed by atoms with van der Waals surface area (Å²) in [6, 6.07) is 3.88. The Morgan fingerprint density at radius 3 is 2.43 bits per heavy atom. The molecule has 2 saturated heterocycles. The van der Waals surface area contributed by atoms with E-state index in [0.717, 1.165) is 79.7 Å². The topological polar surface area (TPSA) is 84.3 Å². The molecule has 1 spiro atoms. The molecule has 0 saturated carbocycles. The van der Waals surface area contributed by atoms with E-state index in [2.05, 4.69) is 21.8 Å². The minimum Gasteiger partial charge on any atom is -0.444 e. The molecule has 3 aromatic heterocycles. The number of ether oxygens (including phenoxy) is 1. The molecule has 2 fully saturated rings. The zero-order valence-corrected chi connectivity index (χ0v) is 21.1. The first-order chi connectivity index (χ1) is 16.8. The maximum Gasteiger partial charge on any atom is 0.410 e. The number of likely N-dealkylation sites (tertiary alicyclic amines) is 1. The van der Waals surface area contributed by atoms with Gasteiger partial charge in [0.05, 0.1) is 11.7 Å². The Labute approximate surface area is 206 Å². The highest BCUT2D eigenvalue weighted by atomic mass is 16.6. The van der Waals surface area contributed by atoms with Crippen molar-refractivity contribution in [2.24, 2.45) is 5.41 Å². The number of hydrogen-bond donors (Lipinski definition) is 0. The number of pyridine rings is 2. The molecule has 0 aromatic carbocycles. The van der Waals surface area contributed by atoms with Gasteiger partial charge in [0.15, 0.2) is 5.82 Å². The molecule has 8 nitrogen and oxygen atoms in total. The number of aromatic nitrogens is 4. The summed E-state index contributed by atoms with van der Waals surface area (Å²) in [7, 11) is 0. The van der Waals surface area contributed by atoms with Gasteiger partial charge in [-0.15, -0.1) is 0 Å². The van der Waals surface area contributed by atoms with Crippen LogP contribution in [-0.4, -0.2) is 62.7 Å². The number of nitrogens with zero attached hydrogens (tertiary/aromatic N) is 6. The van der Waals surface area contributed by atoms with Gasteiger partial charge in [0.25, 0.3) is 0 Å². The molecule has 184 valence electrons. The summed E-state index contributed by atoms with van der Waals surface area (Å²) >= 11 is 0. The van der Waals surface area contributed by atoms with Gasteiger partial charge in [0.1, 0.15) is 11.4 Å². The molecular weight excluding hydrogens is 440 g/mol. The number of amides is 1. The Morgan fingerprint density at radius 2 is 1.74 bits per heavy atom. The van der Waals surface area contributed by atoms with Gasteiger partial charge in [0, 0.05) is 55.7 Å². The zero-order chi connectivity index (χ0) is 24.6. The summed E-state index contributed by atoms with van der Waals surface area (Å²) in [5, 5.41) is 1.10. The third kappa shape index (κ3) is 4.79. The molecule has 0 atom stereocenters. The lowest BCUT2D eigenvalue weighted by atomic mass is 9.77. The molecule has 0 bridgehead atoms. The van der Waals surface area contributed by atoms with Crippen LogP contribution in [0.15, 0.2) is 36.9 Å². The third-order valence-electron chi connectivity index (χ3n) is 7.20. The number of rotatable bonds is 3. The number of carbonyl (C=O) groups excluding carboxylic acids is 1. The second kappa shape index (κ2) is 9.06. The van der Waals surface area contributed by atoms with Crippen molar-refractivity contribution in [3.8, 4) is 11.4 Å². The zero-order valence-electron chi connectivity index (χ0n) is 21.1. The van der Waals surface area contributed by atoms with Crippen LogP contribution in [0.2, 0.25) is 0 Å². The molecular formula is C27H34N6O2. The van der Waals surface area contributed by atoms with Gasteiger partial charge in [-0.05, 0) is 69.6 Å². The summed E-state index contributed by atoms with van der Waals surface area (Å²) in [5.74, 6) is 1.68. The van der Waals surface area contributed by atoms with Crippen LogP contribution >= 0.6 is 0 Å². The molecule has 2 aliphatic heterocycles. The van der Waals surface area contributed by atoms with E-state index in [9.17, 15) is 4.79 Å². The van der Waals surface area contributed by atoms with E-state index in [1.807, 2.05) is 50.2 Å². The maximum atomic E-state index is 12.6. The van der Waals surface area contributed by atoms with Crippen LogP contribution in [0.3, 0.4) is 0 Å². The van der Waals surface area contributed by atoms with Crippen LogP contribution in [0.5, 0.6) is 0 Å². The van der Waals surface area contributed by atoms with E-state index in [1.165, 1.54) is 0 Å². The summed E-state index contributed by atoms with van der Waals surface area (Å²) in [6.07, 6.45) is 11.1. The van der Waals surface area contributed by atoms with Crippen LogP contribution in [0.1, 0.15) is 52.5 Å². The van der Waals surface area contributed by atoms with Crippen molar-refractivity contribution in [1.29, 1.82) is 0 Å². The second-order valence-electron chi connectivity index (χ2n) is 10.8. The summed E-state index contributed by atoms with van der Waals surface area (Å²) in [4.78, 5) is 35.4. The van der Waals surface area contributed by atoms with Gasteiger partial charge in [-0.25, -0.2) is 14.8 Å². The van der Waals surface area contributed by atoms with Gasteiger partial charge in [-0.1, -0.05) is 6.92 Å². The van der Waals surface area contributed by atoms with E-state index < -0.39 is 5.60 Å². The monoisotopic (exact) mass is 474 g/mol. The molecule has 5 rings (SSSR count). The first-order valence-corrected chi connectivity index (χ1v) is 12.5. The molecule has 35 heavy (non-hydrogen) atoms. The fourth-order valence-corrected chi connectivity index (χ4v) is 5.28. The number of fused-ring (bicyclic) bond motifs is 1. The first kappa shape index (κ1) is 23.5. The normalized spacial score (nSPS) is 17.8. The lowest BCUT2D eigenvalue weighted by Crippen LogP contribution is -2.43. The Bertz CT molecular complexity index is 1220. The first-order valence-electron chi connectivity index (χ1n) is 12.5. The average Bonchev–Trinajstić information content (AvgIpc) is 3.26. The molecule has 0 radical (unpaired) electrons.